The third-order valence-corrected chi connectivity index (χ3v) is 6.09. The summed E-state index contributed by atoms with van der Waals surface area (Å²) in [5.74, 6) is -0.579. The Morgan fingerprint density at radius 3 is 1.82 bits per heavy atom. The standard InChI is InChI=1S/C24H29F2NO/c1-3-23(28)24(19-7-11-21(25)12-8-19,20-9-13-22(26)14-10-20)17-18(2)27-15-5-4-6-16-27/h7-14,18H,3-6,15-17H2,1-2H3/i25-1. The average Bonchev–Trinajstić information content (AvgIpc) is 2.73. The summed E-state index contributed by atoms with van der Waals surface area (Å²) < 4.78 is 27.2. The van der Waals surface area contributed by atoms with Gasteiger partial charge in [-0.25, -0.2) is 8.78 Å². The summed E-state index contributed by atoms with van der Waals surface area (Å²) in [6, 6.07) is 12.6. The van der Waals surface area contributed by atoms with Gasteiger partial charge >= 0.3 is 0 Å². The van der Waals surface area contributed by atoms with Gasteiger partial charge in [0.05, 0.1) is 5.41 Å². The molecule has 1 saturated heterocycles. The van der Waals surface area contributed by atoms with Crippen LogP contribution in [0.25, 0.3) is 0 Å². The van der Waals surface area contributed by atoms with E-state index >= 15 is 0 Å². The first kappa shape index (κ1) is 20.7. The van der Waals surface area contributed by atoms with Crippen LogP contribution in [-0.2, 0) is 10.2 Å². The van der Waals surface area contributed by atoms with Crippen LogP contribution in [0.15, 0.2) is 48.5 Å². The van der Waals surface area contributed by atoms with Gasteiger partial charge in [0.2, 0.25) is 0 Å². The van der Waals surface area contributed by atoms with Crippen molar-refractivity contribution in [2.24, 2.45) is 0 Å². The number of likely N-dealkylation sites (tertiary alicyclic amines) is 1. The maximum absolute atomic E-state index is 13.6. The molecule has 2 aromatic carbocycles. The first-order valence-electron chi connectivity index (χ1n) is 10.3. The number of nitrogens with zero attached hydrogens (tertiary/aromatic N) is 1. The second kappa shape index (κ2) is 8.95. The molecule has 2 aromatic rings. The van der Waals surface area contributed by atoms with Crippen LogP contribution in [0, 0.1) is 11.6 Å². The van der Waals surface area contributed by atoms with E-state index in [-0.39, 0.29) is 23.5 Å². The molecule has 0 aromatic heterocycles. The van der Waals surface area contributed by atoms with Gasteiger partial charge in [0.25, 0.3) is 0 Å². The number of benzene rings is 2. The zero-order valence-corrected chi connectivity index (χ0v) is 16.8. The van der Waals surface area contributed by atoms with Crippen LogP contribution in [-0.4, -0.2) is 29.8 Å². The highest BCUT2D eigenvalue weighted by molar-refractivity contribution is 5.93. The fourth-order valence-electron chi connectivity index (χ4n) is 4.54. The number of carbonyl (C=O) groups excluding carboxylic acids is 1. The topological polar surface area (TPSA) is 20.3 Å². The quantitative estimate of drug-likeness (QED) is 0.629. The molecule has 2 atom stereocenters. The molecule has 0 N–H and O–H groups in total. The molecule has 0 spiro atoms. The van der Waals surface area contributed by atoms with Gasteiger partial charge in [-0.15, -0.1) is 0 Å². The molecular formula is C24H29F2NO. The molecule has 2 nitrogen and oxygen atoms in total. The van der Waals surface area contributed by atoms with E-state index in [1.54, 1.807) is 24.3 Å². The van der Waals surface area contributed by atoms with E-state index in [0.29, 0.717) is 12.8 Å². The zero-order chi connectivity index (χ0) is 20.1. The highest BCUT2D eigenvalue weighted by Gasteiger charge is 2.42. The lowest BCUT2D eigenvalue weighted by Gasteiger charge is -2.40. The van der Waals surface area contributed by atoms with Gasteiger partial charge in [0, 0.05) is 12.5 Å². The average molecular weight is 385 g/mol. The van der Waals surface area contributed by atoms with Crippen LogP contribution in [0.4, 0.5) is 8.78 Å². The lowest BCUT2D eigenvalue weighted by molar-refractivity contribution is -0.123. The predicted octanol–water partition coefficient (Wildman–Crippen LogP) is 5.49. The molecule has 3 rings (SSSR count). The van der Waals surface area contributed by atoms with Gasteiger partial charge < -0.3 is 4.90 Å². The second-order valence-electron chi connectivity index (χ2n) is 7.85. The van der Waals surface area contributed by atoms with E-state index in [9.17, 15) is 13.6 Å². The van der Waals surface area contributed by atoms with Crippen molar-refractivity contribution >= 4 is 5.78 Å². The third kappa shape index (κ3) is 4.17. The predicted molar refractivity (Wildman–Crippen MR) is 108 cm³/mol. The molecule has 2 unspecified atom stereocenters. The number of ketones is 1. The summed E-state index contributed by atoms with van der Waals surface area (Å²) in [7, 11) is 0. The molecule has 0 saturated carbocycles. The molecule has 4 heteroatoms. The van der Waals surface area contributed by atoms with Crippen LogP contribution in [0.1, 0.15) is 57.1 Å². The maximum Gasteiger partial charge on any atom is 0.147 e. The monoisotopic (exact) mass is 384 g/mol. The maximum atomic E-state index is 13.6. The van der Waals surface area contributed by atoms with Crippen LogP contribution < -0.4 is 0 Å². The normalized spacial score (nSPS) is 18.4. The number of hydrogen-bond donors (Lipinski definition) is 0. The highest BCUT2D eigenvalue weighted by Crippen LogP contribution is 2.40. The first-order chi connectivity index (χ1) is 13.5. The summed E-state index contributed by atoms with van der Waals surface area (Å²) in [5.41, 5.74) is 0.639. The van der Waals surface area contributed by atoms with Crippen molar-refractivity contribution in [2.45, 2.75) is 57.4 Å². The molecule has 0 radical (unpaired) electrons. The van der Waals surface area contributed by atoms with E-state index < -0.39 is 5.41 Å². The Balaban J connectivity index is 2.10. The van der Waals surface area contributed by atoms with E-state index in [2.05, 4.69) is 11.8 Å². The van der Waals surface area contributed by atoms with Crippen molar-refractivity contribution in [3.05, 3.63) is 71.3 Å². The van der Waals surface area contributed by atoms with Gasteiger partial charge in [0.15, 0.2) is 0 Å². The Bertz CT molecular complexity index is 734. The second-order valence-corrected chi connectivity index (χ2v) is 7.85. The molecule has 1 aliphatic heterocycles. The molecular weight excluding hydrogens is 355 g/mol. The molecule has 1 fully saturated rings. The molecule has 0 bridgehead atoms. The smallest absolute Gasteiger partial charge is 0.147 e. The third-order valence-electron chi connectivity index (χ3n) is 6.09. The van der Waals surface area contributed by atoms with Crippen molar-refractivity contribution in [3.8, 4) is 0 Å². The molecule has 1 heterocycles. The van der Waals surface area contributed by atoms with E-state index in [0.717, 1.165) is 24.2 Å². The Morgan fingerprint density at radius 1 is 0.929 bits per heavy atom. The van der Waals surface area contributed by atoms with Crippen LogP contribution in [0.3, 0.4) is 0 Å². The SMILES string of the molecule is CCC(=O)C(CC(C)N1CCCCC1)(c1ccc(F)cc1)c1ccc([18F])cc1. The number of carbonyl (C=O) groups is 1. The number of hydrogen-bond acceptors (Lipinski definition) is 2. The summed E-state index contributed by atoms with van der Waals surface area (Å²) in [6.07, 6.45) is 4.55. The van der Waals surface area contributed by atoms with Gasteiger partial charge in [-0.05, 0) is 74.7 Å². The minimum Gasteiger partial charge on any atom is -0.301 e. The fraction of sp³-hybridized carbons (Fsp3) is 0.458. The van der Waals surface area contributed by atoms with Crippen LogP contribution >= 0.6 is 0 Å². The molecule has 0 aliphatic carbocycles. The van der Waals surface area contributed by atoms with Gasteiger partial charge in [0.1, 0.15) is 17.4 Å². The minimum atomic E-state index is -0.910. The van der Waals surface area contributed by atoms with Crippen molar-refractivity contribution in [3.63, 3.8) is 0 Å². The Hall–Kier alpha value is -2.07. The lowest BCUT2D eigenvalue weighted by Crippen LogP contribution is -2.46. The van der Waals surface area contributed by atoms with Crippen molar-refractivity contribution in [1.82, 2.24) is 4.90 Å². The number of Topliss-reactive ketones (excluding diaryl/α,β-unsaturated/α-hetero) is 1. The van der Waals surface area contributed by atoms with Gasteiger partial charge in [-0.1, -0.05) is 37.6 Å². The van der Waals surface area contributed by atoms with Crippen LogP contribution in [0.5, 0.6) is 0 Å². The van der Waals surface area contributed by atoms with Crippen molar-refractivity contribution in [2.75, 3.05) is 13.1 Å². The van der Waals surface area contributed by atoms with Gasteiger partial charge in [-0.2, -0.15) is 0 Å². The summed E-state index contributed by atoms with van der Waals surface area (Å²) in [5, 5.41) is 0. The Kier molecular flexibility index (Phi) is 6.61. The first-order valence-corrected chi connectivity index (χ1v) is 10.3. The molecule has 150 valence electrons. The fourth-order valence-corrected chi connectivity index (χ4v) is 4.54. The zero-order valence-electron chi connectivity index (χ0n) is 16.8. The summed E-state index contributed by atoms with van der Waals surface area (Å²) in [4.78, 5) is 15.9. The molecule has 0 amide bonds. The van der Waals surface area contributed by atoms with Crippen molar-refractivity contribution < 1.29 is 13.6 Å². The number of piperidine rings is 1. The number of halogens is 2. The van der Waals surface area contributed by atoms with E-state index in [1.165, 1.54) is 43.5 Å². The summed E-state index contributed by atoms with van der Waals surface area (Å²) >= 11 is 0. The molecule has 28 heavy (non-hydrogen) atoms. The Labute approximate surface area is 166 Å². The Morgan fingerprint density at radius 2 is 1.39 bits per heavy atom. The lowest BCUT2D eigenvalue weighted by atomic mass is 9.66. The van der Waals surface area contributed by atoms with E-state index in [1.807, 2.05) is 6.92 Å². The molecule has 1 aliphatic rings. The van der Waals surface area contributed by atoms with Gasteiger partial charge in [-0.3, -0.25) is 4.79 Å². The number of rotatable bonds is 7. The highest BCUT2D eigenvalue weighted by atomic mass is 19.1. The largest absolute Gasteiger partial charge is 0.301 e. The van der Waals surface area contributed by atoms with E-state index in [4.69, 9.17) is 0 Å². The minimum absolute atomic E-state index is 0.0783. The van der Waals surface area contributed by atoms with Crippen LogP contribution in [0.2, 0.25) is 0 Å². The summed E-state index contributed by atoms with van der Waals surface area (Å²) in [6.45, 7) is 6.08. The van der Waals surface area contributed by atoms with Crippen molar-refractivity contribution in [1.29, 1.82) is 0 Å².